The molecule has 42 heavy (non-hydrogen) atoms. The lowest BCUT2D eigenvalue weighted by Crippen LogP contribution is -2.51. The minimum absolute atomic E-state index is 0.0192. The molecule has 3 amide bonds. The molecule has 10 heteroatoms. The maximum atomic E-state index is 14.0. The van der Waals surface area contributed by atoms with E-state index < -0.39 is 47.3 Å². The largest absolute Gasteiger partial charge is 0.467 e. The van der Waals surface area contributed by atoms with Gasteiger partial charge in [-0.2, -0.15) is 0 Å². The number of anilines is 2. The van der Waals surface area contributed by atoms with E-state index in [1.807, 2.05) is 53.7 Å². The van der Waals surface area contributed by atoms with Gasteiger partial charge in [-0.1, -0.05) is 29.8 Å². The van der Waals surface area contributed by atoms with E-state index in [0.717, 1.165) is 28.8 Å². The molecule has 0 aromatic heterocycles. The molecule has 0 bridgehead atoms. The summed E-state index contributed by atoms with van der Waals surface area (Å²) in [4.78, 5) is 39.3. The number of halogens is 2. The first-order valence-corrected chi connectivity index (χ1v) is 13.4. The minimum atomic E-state index is -1.16. The van der Waals surface area contributed by atoms with Gasteiger partial charge in [-0.05, 0) is 95.0 Å². The smallest absolute Gasteiger partial charge is 0.331 e. The van der Waals surface area contributed by atoms with E-state index in [9.17, 15) is 23.2 Å². The van der Waals surface area contributed by atoms with Crippen LogP contribution in [0.5, 0.6) is 0 Å². The molecule has 0 saturated heterocycles. The van der Waals surface area contributed by atoms with Crippen LogP contribution < -0.4 is 16.0 Å². The van der Waals surface area contributed by atoms with Crippen molar-refractivity contribution in [3.63, 3.8) is 0 Å². The van der Waals surface area contributed by atoms with Crippen LogP contribution in [0.3, 0.4) is 0 Å². The number of hydrogen-bond donors (Lipinski definition) is 3. The van der Waals surface area contributed by atoms with Gasteiger partial charge in [0.1, 0.15) is 0 Å². The monoisotopic (exact) mass is 581 g/mol. The van der Waals surface area contributed by atoms with Crippen molar-refractivity contribution in [2.24, 2.45) is 0 Å². The van der Waals surface area contributed by atoms with Crippen LogP contribution in [-0.2, 0) is 14.3 Å². The molecule has 0 aliphatic heterocycles. The summed E-state index contributed by atoms with van der Waals surface area (Å²) < 4.78 is 38.4. The van der Waals surface area contributed by atoms with Crippen LogP contribution in [0.1, 0.15) is 54.7 Å². The highest BCUT2D eigenvalue weighted by Crippen LogP contribution is 2.28. The van der Waals surface area contributed by atoms with E-state index in [-0.39, 0.29) is 11.3 Å². The van der Waals surface area contributed by atoms with Gasteiger partial charge in [0.05, 0.1) is 30.1 Å². The lowest BCUT2D eigenvalue weighted by Gasteiger charge is -2.30. The van der Waals surface area contributed by atoms with E-state index in [1.54, 1.807) is 6.92 Å². The zero-order valence-electron chi connectivity index (χ0n) is 25.1. The van der Waals surface area contributed by atoms with Crippen molar-refractivity contribution in [2.45, 2.75) is 66.2 Å². The minimum Gasteiger partial charge on any atom is -0.467 e. The van der Waals surface area contributed by atoms with Crippen molar-refractivity contribution in [1.82, 2.24) is 5.32 Å². The van der Waals surface area contributed by atoms with Crippen molar-refractivity contribution < 1.29 is 32.6 Å². The van der Waals surface area contributed by atoms with Crippen LogP contribution in [-0.4, -0.2) is 42.8 Å². The number of ether oxygens (including phenoxy) is 2. The van der Waals surface area contributed by atoms with Crippen LogP contribution in [0.25, 0.3) is 11.1 Å². The lowest BCUT2D eigenvalue weighted by atomic mass is 10.0. The van der Waals surface area contributed by atoms with Gasteiger partial charge in [0, 0.05) is 5.69 Å². The first-order chi connectivity index (χ1) is 19.6. The van der Waals surface area contributed by atoms with Gasteiger partial charge in [-0.25, -0.2) is 18.4 Å². The molecule has 0 radical (unpaired) electrons. The van der Waals surface area contributed by atoms with Gasteiger partial charge in [0.2, 0.25) is 0 Å². The molecule has 3 N–H and O–H groups in total. The van der Waals surface area contributed by atoms with Crippen molar-refractivity contribution in [2.75, 3.05) is 17.7 Å². The standard InChI is InChI=1S/C32H37F2N3O5/c1-17-13-18(2)27(19(3)14-17)37-31(40)35-26-16-22(21-10-12-24(33)25(34)15-21)9-11-23(26)29(38)36-28(30(39)41-8)20(4)42-32(5,6)7/h9-16,20,28H,1-8H3,(H,36,38)(H2,35,37,40)/t20?,28-/m1/s1. The summed E-state index contributed by atoms with van der Waals surface area (Å²) in [6.45, 7) is 12.8. The quantitative estimate of drug-likeness (QED) is 0.258. The SMILES string of the molecule is COC(=O)[C@H](NC(=O)c1ccc(-c2ccc(F)c(F)c2)cc1NC(=O)Nc1c(C)cc(C)cc1C)C(C)OC(C)(C)C. The second kappa shape index (κ2) is 13.1. The number of hydrogen-bond acceptors (Lipinski definition) is 5. The van der Waals surface area contributed by atoms with Crippen molar-refractivity contribution in [3.05, 3.63) is 82.4 Å². The fraction of sp³-hybridized carbons (Fsp3) is 0.344. The topological polar surface area (TPSA) is 106 Å². The summed E-state index contributed by atoms with van der Waals surface area (Å²) in [7, 11) is 1.20. The number of carbonyl (C=O) groups excluding carboxylic acids is 3. The molecule has 0 fully saturated rings. The molecule has 2 atom stereocenters. The highest BCUT2D eigenvalue weighted by molar-refractivity contribution is 6.08. The summed E-state index contributed by atoms with van der Waals surface area (Å²) in [6.07, 6.45) is -0.755. The Bertz CT molecular complexity index is 1480. The first-order valence-electron chi connectivity index (χ1n) is 13.4. The van der Waals surface area contributed by atoms with Gasteiger partial charge in [-0.3, -0.25) is 4.79 Å². The predicted molar refractivity (Wildman–Crippen MR) is 159 cm³/mol. The van der Waals surface area contributed by atoms with E-state index >= 15 is 0 Å². The Hall–Kier alpha value is -4.31. The fourth-order valence-electron chi connectivity index (χ4n) is 4.68. The summed E-state index contributed by atoms with van der Waals surface area (Å²) >= 11 is 0. The summed E-state index contributed by atoms with van der Waals surface area (Å²) in [5.74, 6) is -3.45. The number of methoxy groups -OCH3 is 1. The normalized spacial score (nSPS) is 12.7. The maximum Gasteiger partial charge on any atom is 0.331 e. The molecule has 3 rings (SSSR count). The number of esters is 1. The number of carbonyl (C=O) groups is 3. The molecule has 8 nitrogen and oxygen atoms in total. The second-order valence-electron chi connectivity index (χ2n) is 11.2. The highest BCUT2D eigenvalue weighted by Gasteiger charge is 2.32. The summed E-state index contributed by atoms with van der Waals surface area (Å²) in [5, 5.41) is 8.18. The maximum absolute atomic E-state index is 14.0. The second-order valence-corrected chi connectivity index (χ2v) is 11.2. The summed E-state index contributed by atoms with van der Waals surface area (Å²) in [5.41, 5.74) is 3.58. The fourth-order valence-corrected chi connectivity index (χ4v) is 4.68. The Balaban J connectivity index is 2.00. The third-order valence-corrected chi connectivity index (χ3v) is 6.43. The van der Waals surface area contributed by atoms with Crippen LogP contribution in [0, 0.1) is 32.4 Å². The Labute approximate surface area is 244 Å². The van der Waals surface area contributed by atoms with Crippen molar-refractivity contribution in [3.8, 4) is 11.1 Å². The van der Waals surface area contributed by atoms with Crippen LogP contribution in [0.15, 0.2) is 48.5 Å². The summed E-state index contributed by atoms with van der Waals surface area (Å²) in [6, 6.07) is 9.89. The van der Waals surface area contributed by atoms with Crippen molar-refractivity contribution >= 4 is 29.3 Å². The average molecular weight is 582 g/mol. The molecule has 0 aliphatic rings. The molecule has 0 heterocycles. The Morgan fingerprint density at radius 3 is 2.00 bits per heavy atom. The average Bonchev–Trinajstić information content (AvgIpc) is 2.89. The molecule has 0 aliphatic carbocycles. The molecule has 3 aromatic carbocycles. The van der Waals surface area contributed by atoms with E-state index in [4.69, 9.17) is 9.47 Å². The van der Waals surface area contributed by atoms with Gasteiger partial charge in [0.15, 0.2) is 17.7 Å². The molecule has 0 saturated carbocycles. The van der Waals surface area contributed by atoms with E-state index in [0.29, 0.717) is 16.8 Å². The number of urea groups is 1. The number of amides is 3. The third kappa shape index (κ3) is 8.13. The number of benzene rings is 3. The van der Waals surface area contributed by atoms with Gasteiger partial charge in [0.25, 0.3) is 5.91 Å². The van der Waals surface area contributed by atoms with Gasteiger partial charge in [-0.15, -0.1) is 0 Å². The zero-order valence-corrected chi connectivity index (χ0v) is 25.1. The third-order valence-electron chi connectivity index (χ3n) is 6.43. The number of aryl methyl sites for hydroxylation is 3. The van der Waals surface area contributed by atoms with Crippen LogP contribution >= 0.6 is 0 Å². The first kappa shape index (κ1) is 32.2. The zero-order chi connectivity index (χ0) is 31.4. The van der Waals surface area contributed by atoms with Crippen molar-refractivity contribution in [1.29, 1.82) is 0 Å². The molecular weight excluding hydrogens is 544 g/mol. The number of rotatable bonds is 8. The van der Waals surface area contributed by atoms with E-state index in [2.05, 4.69) is 16.0 Å². The van der Waals surface area contributed by atoms with Gasteiger partial charge < -0.3 is 25.4 Å². The van der Waals surface area contributed by atoms with Crippen LogP contribution in [0.4, 0.5) is 25.0 Å². The molecular formula is C32H37F2N3O5. The lowest BCUT2D eigenvalue weighted by molar-refractivity contribution is -0.150. The highest BCUT2D eigenvalue weighted by atomic mass is 19.2. The molecule has 0 spiro atoms. The Kier molecular flexibility index (Phi) is 10.1. The Morgan fingerprint density at radius 2 is 1.43 bits per heavy atom. The van der Waals surface area contributed by atoms with E-state index in [1.165, 1.54) is 31.4 Å². The molecule has 3 aromatic rings. The van der Waals surface area contributed by atoms with Gasteiger partial charge >= 0.3 is 12.0 Å². The molecule has 1 unspecified atom stereocenters. The van der Waals surface area contributed by atoms with Crippen LogP contribution in [0.2, 0.25) is 0 Å². The predicted octanol–water partition coefficient (Wildman–Crippen LogP) is 6.68. The number of nitrogens with one attached hydrogen (secondary N) is 3. The Morgan fingerprint density at radius 1 is 0.833 bits per heavy atom. The molecule has 224 valence electrons.